The number of nitrogens with one attached hydrogen (secondary N) is 1. The molecule has 0 radical (unpaired) electrons. The summed E-state index contributed by atoms with van der Waals surface area (Å²) in [6.07, 6.45) is 4.46. The highest BCUT2D eigenvalue weighted by Crippen LogP contribution is 2.20. The Kier molecular flexibility index (Phi) is 5.72. The average Bonchev–Trinajstić information content (AvgIpc) is 3.11. The summed E-state index contributed by atoms with van der Waals surface area (Å²) in [5.74, 6) is 0.602. The third kappa shape index (κ3) is 4.42. The van der Waals surface area contributed by atoms with Crippen molar-refractivity contribution in [3.63, 3.8) is 0 Å². The summed E-state index contributed by atoms with van der Waals surface area (Å²) in [5.41, 5.74) is 3.20. The number of benzene rings is 2. The van der Waals surface area contributed by atoms with Crippen LogP contribution in [0, 0.1) is 0 Å². The number of aromatic nitrogens is 1. The fraction of sp³-hybridized carbons (Fsp3) is 0.391. The van der Waals surface area contributed by atoms with E-state index in [4.69, 9.17) is 4.42 Å². The minimum atomic E-state index is -0.0624. The second kappa shape index (κ2) is 8.57. The lowest BCUT2D eigenvalue weighted by molar-refractivity contribution is 0.0938. The normalized spacial score (nSPS) is 17.7. The van der Waals surface area contributed by atoms with Crippen LogP contribution in [0.4, 0.5) is 0 Å². The minimum Gasteiger partial charge on any atom is -0.440 e. The molecule has 4 rings (SSSR count). The summed E-state index contributed by atoms with van der Waals surface area (Å²) in [7, 11) is 0. The van der Waals surface area contributed by atoms with E-state index >= 15 is 0 Å². The van der Waals surface area contributed by atoms with Gasteiger partial charge in [0, 0.05) is 31.1 Å². The molecule has 0 saturated carbocycles. The van der Waals surface area contributed by atoms with E-state index in [1.54, 1.807) is 6.07 Å². The molecule has 1 saturated heterocycles. The van der Waals surface area contributed by atoms with Crippen molar-refractivity contribution in [2.75, 3.05) is 19.6 Å². The molecule has 1 fully saturated rings. The van der Waals surface area contributed by atoms with Gasteiger partial charge in [-0.3, -0.25) is 9.69 Å². The molecular weight excluding hydrogens is 350 g/mol. The Morgan fingerprint density at radius 2 is 2.07 bits per heavy atom. The molecule has 28 heavy (non-hydrogen) atoms. The molecule has 0 spiro atoms. The van der Waals surface area contributed by atoms with E-state index in [0.29, 0.717) is 36.0 Å². The number of fused-ring (bicyclic) bond motifs is 1. The van der Waals surface area contributed by atoms with Crippen molar-refractivity contribution in [1.29, 1.82) is 0 Å². The molecule has 1 aliphatic rings. The SMILES string of the molecule is CC1CCCCN1CCNC(=O)c1ccc2nc(Cc3ccccc3)oc2c1. The summed E-state index contributed by atoms with van der Waals surface area (Å²) in [6, 6.07) is 16.2. The molecule has 146 valence electrons. The Bertz CT molecular complexity index is 935. The van der Waals surface area contributed by atoms with Gasteiger partial charge in [0.15, 0.2) is 11.5 Å². The van der Waals surface area contributed by atoms with Gasteiger partial charge >= 0.3 is 0 Å². The lowest BCUT2D eigenvalue weighted by Gasteiger charge is -2.33. The molecule has 5 heteroatoms. The minimum absolute atomic E-state index is 0.0624. The van der Waals surface area contributed by atoms with Crippen molar-refractivity contribution in [3.8, 4) is 0 Å². The number of rotatable bonds is 6. The molecule has 2 aromatic carbocycles. The predicted octanol–water partition coefficient (Wildman–Crippen LogP) is 4.02. The Labute approximate surface area is 165 Å². The molecule has 1 atom stereocenters. The summed E-state index contributed by atoms with van der Waals surface area (Å²) in [4.78, 5) is 19.5. The second-order valence-corrected chi connectivity index (χ2v) is 7.59. The monoisotopic (exact) mass is 377 g/mol. The summed E-state index contributed by atoms with van der Waals surface area (Å²) in [6.45, 7) is 4.96. The number of piperidine rings is 1. The zero-order valence-electron chi connectivity index (χ0n) is 16.4. The molecule has 0 bridgehead atoms. The largest absolute Gasteiger partial charge is 0.440 e. The van der Waals surface area contributed by atoms with Crippen LogP contribution in [0.1, 0.15) is 48.0 Å². The third-order valence-electron chi connectivity index (χ3n) is 5.52. The Hall–Kier alpha value is -2.66. The summed E-state index contributed by atoms with van der Waals surface area (Å²) in [5, 5.41) is 3.04. The van der Waals surface area contributed by atoms with Crippen LogP contribution in [0.15, 0.2) is 52.9 Å². The Morgan fingerprint density at radius 1 is 1.21 bits per heavy atom. The standard InChI is InChI=1S/C23H27N3O2/c1-17-7-5-6-13-26(17)14-12-24-23(27)19-10-11-20-21(16-19)28-22(25-20)15-18-8-3-2-4-9-18/h2-4,8-11,16-17H,5-7,12-15H2,1H3,(H,24,27). The van der Waals surface area contributed by atoms with Gasteiger partial charge < -0.3 is 9.73 Å². The van der Waals surface area contributed by atoms with Crippen LogP contribution in [-0.4, -0.2) is 41.5 Å². The first-order valence-electron chi connectivity index (χ1n) is 10.1. The van der Waals surface area contributed by atoms with Gasteiger partial charge in [0.05, 0.1) is 0 Å². The number of likely N-dealkylation sites (tertiary alicyclic amines) is 1. The van der Waals surface area contributed by atoms with Gasteiger partial charge in [0.2, 0.25) is 0 Å². The quantitative estimate of drug-likeness (QED) is 0.705. The molecule has 0 aliphatic carbocycles. The first-order chi connectivity index (χ1) is 13.7. The number of hydrogen-bond acceptors (Lipinski definition) is 4. The van der Waals surface area contributed by atoms with E-state index in [1.165, 1.54) is 19.3 Å². The van der Waals surface area contributed by atoms with Gasteiger partial charge in [0.25, 0.3) is 5.91 Å². The van der Waals surface area contributed by atoms with Crippen LogP contribution in [-0.2, 0) is 6.42 Å². The van der Waals surface area contributed by atoms with E-state index in [-0.39, 0.29) is 5.91 Å². The van der Waals surface area contributed by atoms with Gasteiger partial charge in [-0.05, 0) is 50.1 Å². The molecule has 1 aliphatic heterocycles. The first kappa shape index (κ1) is 18.7. The summed E-state index contributed by atoms with van der Waals surface area (Å²) >= 11 is 0. The molecule has 1 unspecified atom stereocenters. The van der Waals surface area contributed by atoms with Crippen LogP contribution >= 0.6 is 0 Å². The van der Waals surface area contributed by atoms with E-state index < -0.39 is 0 Å². The lowest BCUT2D eigenvalue weighted by atomic mass is 10.0. The van der Waals surface area contributed by atoms with Crippen molar-refractivity contribution in [2.45, 2.75) is 38.6 Å². The van der Waals surface area contributed by atoms with Gasteiger partial charge in [0.1, 0.15) is 5.52 Å². The van der Waals surface area contributed by atoms with Crippen molar-refractivity contribution >= 4 is 17.0 Å². The maximum atomic E-state index is 12.5. The fourth-order valence-corrected chi connectivity index (χ4v) is 3.86. The van der Waals surface area contributed by atoms with Gasteiger partial charge in [-0.15, -0.1) is 0 Å². The van der Waals surface area contributed by atoms with Gasteiger partial charge in [-0.2, -0.15) is 0 Å². The van der Waals surface area contributed by atoms with Gasteiger partial charge in [-0.25, -0.2) is 4.98 Å². The smallest absolute Gasteiger partial charge is 0.251 e. The molecule has 1 N–H and O–H groups in total. The number of nitrogens with zero attached hydrogens (tertiary/aromatic N) is 2. The number of oxazole rings is 1. The van der Waals surface area contributed by atoms with Crippen LogP contribution in [0.5, 0.6) is 0 Å². The highest BCUT2D eigenvalue weighted by atomic mass is 16.3. The lowest BCUT2D eigenvalue weighted by Crippen LogP contribution is -2.42. The zero-order valence-corrected chi connectivity index (χ0v) is 16.4. The van der Waals surface area contributed by atoms with E-state index in [1.807, 2.05) is 30.3 Å². The first-order valence-corrected chi connectivity index (χ1v) is 10.1. The van der Waals surface area contributed by atoms with Crippen LogP contribution < -0.4 is 5.32 Å². The van der Waals surface area contributed by atoms with Crippen molar-refractivity contribution in [1.82, 2.24) is 15.2 Å². The predicted molar refractivity (Wildman–Crippen MR) is 110 cm³/mol. The third-order valence-corrected chi connectivity index (χ3v) is 5.52. The second-order valence-electron chi connectivity index (χ2n) is 7.59. The maximum Gasteiger partial charge on any atom is 0.251 e. The molecule has 1 aromatic heterocycles. The highest BCUT2D eigenvalue weighted by Gasteiger charge is 2.18. The maximum absolute atomic E-state index is 12.5. The van der Waals surface area contributed by atoms with E-state index in [9.17, 15) is 4.79 Å². The van der Waals surface area contributed by atoms with E-state index in [0.717, 1.165) is 24.2 Å². The van der Waals surface area contributed by atoms with E-state index in [2.05, 4.69) is 34.3 Å². The topological polar surface area (TPSA) is 58.4 Å². The van der Waals surface area contributed by atoms with Crippen molar-refractivity contribution in [3.05, 3.63) is 65.5 Å². The molecule has 2 heterocycles. The molecule has 3 aromatic rings. The van der Waals surface area contributed by atoms with Crippen molar-refractivity contribution < 1.29 is 9.21 Å². The van der Waals surface area contributed by atoms with Crippen LogP contribution in [0.2, 0.25) is 0 Å². The van der Waals surface area contributed by atoms with Gasteiger partial charge in [-0.1, -0.05) is 36.8 Å². The number of carbonyl (C=O) groups excluding carboxylic acids is 1. The fourth-order valence-electron chi connectivity index (χ4n) is 3.86. The highest BCUT2D eigenvalue weighted by molar-refractivity contribution is 5.97. The Morgan fingerprint density at radius 3 is 2.89 bits per heavy atom. The molecular formula is C23H27N3O2. The van der Waals surface area contributed by atoms with Crippen LogP contribution in [0.25, 0.3) is 11.1 Å². The Balaban J connectivity index is 1.37. The molecule has 1 amide bonds. The number of amides is 1. The number of hydrogen-bond donors (Lipinski definition) is 1. The van der Waals surface area contributed by atoms with Crippen LogP contribution in [0.3, 0.4) is 0 Å². The molecule has 5 nitrogen and oxygen atoms in total. The van der Waals surface area contributed by atoms with Crippen molar-refractivity contribution in [2.24, 2.45) is 0 Å². The zero-order chi connectivity index (χ0) is 19.3. The number of carbonyl (C=O) groups is 1. The average molecular weight is 377 g/mol. The summed E-state index contributed by atoms with van der Waals surface area (Å²) < 4.78 is 5.88.